The first-order chi connectivity index (χ1) is 8.70. The Kier molecular flexibility index (Phi) is 4.78. The molecule has 0 saturated heterocycles. The molecule has 0 fully saturated rings. The second-order valence-corrected chi connectivity index (χ2v) is 5.61. The van der Waals surface area contributed by atoms with Gasteiger partial charge in [0.15, 0.2) is 0 Å². The average Bonchev–Trinajstić information content (AvgIpc) is 2.85. The Balaban J connectivity index is 2.08. The molecule has 2 nitrogen and oxygen atoms in total. The van der Waals surface area contributed by atoms with Gasteiger partial charge in [-0.2, -0.15) is 11.3 Å². The van der Waals surface area contributed by atoms with Crippen molar-refractivity contribution in [2.45, 2.75) is 25.8 Å². The van der Waals surface area contributed by atoms with E-state index in [-0.39, 0.29) is 6.04 Å². The molecule has 2 aromatic rings. The molecule has 96 valence electrons. The fraction of sp³-hybridized carbons (Fsp3) is 0.286. The number of thiophene rings is 1. The normalized spacial score (nSPS) is 12.6. The first-order valence-electron chi connectivity index (χ1n) is 5.94. The maximum absolute atomic E-state index is 5.97. The van der Waals surface area contributed by atoms with Crippen molar-refractivity contribution in [2.75, 3.05) is 0 Å². The molecule has 0 saturated carbocycles. The molecule has 0 aliphatic rings. The molecule has 0 bridgehead atoms. The molecular formula is C14H17ClN2S. The van der Waals surface area contributed by atoms with E-state index in [1.54, 1.807) is 11.3 Å². The zero-order chi connectivity index (χ0) is 13.0. The third-order valence-electron chi connectivity index (χ3n) is 3.11. The zero-order valence-electron chi connectivity index (χ0n) is 10.3. The lowest BCUT2D eigenvalue weighted by Crippen LogP contribution is -2.28. The molecule has 0 radical (unpaired) electrons. The molecule has 1 unspecified atom stereocenters. The Morgan fingerprint density at radius 2 is 2.22 bits per heavy atom. The van der Waals surface area contributed by atoms with Gasteiger partial charge < -0.3 is 0 Å². The van der Waals surface area contributed by atoms with E-state index in [1.165, 1.54) is 16.7 Å². The summed E-state index contributed by atoms with van der Waals surface area (Å²) in [5.74, 6) is 5.67. The first-order valence-corrected chi connectivity index (χ1v) is 7.26. The van der Waals surface area contributed by atoms with Gasteiger partial charge in [0.2, 0.25) is 0 Å². The summed E-state index contributed by atoms with van der Waals surface area (Å²) >= 11 is 7.70. The van der Waals surface area contributed by atoms with E-state index in [9.17, 15) is 0 Å². The first kappa shape index (κ1) is 13.6. The van der Waals surface area contributed by atoms with Crippen LogP contribution in [0.4, 0.5) is 0 Å². The minimum Gasteiger partial charge on any atom is -0.271 e. The van der Waals surface area contributed by atoms with Crippen LogP contribution in [0.5, 0.6) is 0 Å². The number of aryl methyl sites for hydroxylation is 2. The standard InChI is InChI=1S/C14H17ClN2S/c1-10-8-12(15)3-4-13(10)14(17-16)5-2-11-6-7-18-9-11/h3-4,6-9,14,17H,2,5,16H2,1H3. The SMILES string of the molecule is Cc1cc(Cl)ccc1C(CCc1ccsc1)NN. The highest BCUT2D eigenvalue weighted by Gasteiger charge is 2.12. The van der Waals surface area contributed by atoms with E-state index >= 15 is 0 Å². The van der Waals surface area contributed by atoms with E-state index in [0.29, 0.717) is 0 Å². The van der Waals surface area contributed by atoms with Gasteiger partial charge in [0.25, 0.3) is 0 Å². The third kappa shape index (κ3) is 3.33. The summed E-state index contributed by atoms with van der Waals surface area (Å²) in [6.07, 6.45) is 2.01. The molecule has 18 heavy (non-hydrogen) atoms. The van der Waals surface area contributed by atoms with Gasteiger partial charge in [-0.05, 0) is 65.4 Å². The Hall–Kier alpha value is -0.870. The van der Waals surface area contributed by atoms with Gasteiger partial charge in [-0.1, -0.05) is 17.7 Å². The van der Waals surface area contributed by atoms with Crippen LogP contribution < -0.4 is 11.3 Å². The summed E-state index contributed by atoms with van der Waals surface area (Å²) in [5.41, 5.74) is 6.67. The highest BCUT2D eigenvalue weighted by Crippen LogP contribution is 2.24. The van der Waals surface area contributed by atoms with Gasteiger partial charge in [-0.3, -0.25) is 11.3 Å². The van der Waals surface area contributed by atoms with Gasteiger partial charge in [-0.25, -0.2) is 0 Å². The smallest absolute Gasteiger partial charge is 0.0465 e. The van der Waals surface area contributed by atoms with Gasteiger partial charge in [-0.15, -0.1) is 0 Å². The van der Waals surface area contributed by atoms with Crippen LogP contribution in [-0.2, 0) is 6.42 Å². The van der Waals surface area contributed by atoms with Crippen LogP contribution in [0.3, 0.4) is 0 Å². The van der Waals surface area contributed by atoms with Crippen molar-refractivity contribution in [1.82, 2.24) is 5.43 Å². The van der Waals surface area contributed by atoms with E-state index < -0.39 is 0 Å². The molecule has 0 amide bonds. The zero-order valence-corrected chi connectivity index (χ0v) is 11.9. The highest BCUT2D eigenvalue weighted by atomic mass is 35.5. The lowest BCUT2D eigenvalue weighted by molar-refractivity contribution is 0.514. The Labute approximate surface area is 117 Å². The highest BCUT2D eigenvalue weighted by molar-refractivity contribution is 7.07. The van der Waals surface area contributed by atoms with Crippen LogP contribution in [0.2, 0.25) is 5.02 Å². The summed E-state index contributed by atoms with van der Waals surface area (Å²) in [6.45, 7) is 2.07. The van der Waals surface area contributed by atoms with Crippen LogP contribution in [0.25, 0.3) is 0 Å². The third-order valence-corrected chi connectivity index (χ3v) is 4.08. The quantitative estimate of drug-likeness (QED) is 0.645. The van der Waals surface area contributed by atoms with Gasteiger partial charge >= 0.3 is 0 Å². The minimum atomic E-state index is 0.169. The summed E-state index contributed by atoms with van der Waals surface area (Å²) in [5, 5.41) is 5.06. The molecule has 0 aliphatic heterocycles. The van der Waals surface area contributed by atoms with Crippen molar-refractivity contribution in [1.29, 1.82) is 0 Å². The number of nitrogens with two attached hydrogens (primary N) is 1. The summed E-state index contributed by atoms with van der Waals surface area (Å²) < 4.78 is 0. The topological polar surface area (TPSA) is 38.0 Å². The number of hydrogen-bond acceptors (Lipinski definition) is 3. The molecule has 4 heteroatoms. The van der Waals surface area contributed by atoms with E-state index in [0.717, 1.165) is 17.9 Å². The average molecular weight is 281 g/mol. The molecule has 0 aliphatic carbocycles. The molecule has 2 rings (SSSR count). The van der Waals surface area contributed by atoms with Crippen LogP contribution in [0, 0.1) is 6.92 Å². The molecule has 3 N–H and O–H groups in total. The Morgan fingerprint density at radius 1 is 1.39 bits per heavy atom. The van der Waals surface area contributed by atoms with E-state index in [2.05, 4.69) is 35.2 Å². The largest absolute Gasteiger partial charge is 0.271 e. The molecule has 1 atom stereocenters. The Morgan fingerprint density at radius 3 is 2.83 bits per heavy atom. The van der Waals surface area contributed by atoms with Crippen molar-refractivity contribution in [2.24, 2.45) is 5.84 Å². The minimum absolute atomic E-state index is 0.169. The molecule has 1 heterocycles. The summed E-state index contributed by atoms with van der Waals surface area (Å²) in [6, 6.07) is 8.27. The van der Waals surface area contributed by atoms with Crippen molar-refractivity contribution in [3.8, 4) is 0 Å². The van der Waals surface area contributed by atoms with E-state index in [1.807, 2.05) is 12.1 Å². The predicted molar refractivity (Wildman–Crippen MR) is 78.9 cm³/mol. The van der Waals surface area contributed by atoms with Crippen molar-refractivity contribution >= 4 is 22.9 Å². The van der Waals surface area contributed by atoms with Crippen LogP contribution in [0.15, 0.2) is 35.0 Å². The predicted octanol–water partition coefficient (Wildman–Crippen LogP) is 3.85. The lowest BCUT2D eigenvalue weighted by atomic mass is 9.97. The van der Waals surface area contributed by atoms with Crippen molar-refractivity contribution in [3.05, 3.63) is 56.7 Å². The fourth-order valence-corrected chi connectivity index (χ4v) is 3.03. The van der Waals surface area contributed by atoms with Crippen LogP contribution in [-0.4, -0.2) is 0 Å². The number of hydrazine groups is 1. The lowest BCUT2D eigenvalue weighted by Gasteiger charge is -2.18. The van der Waals surface area contributed by atoms with Crippen LogP contribution >= 0.6 is 22.9 Å². The maximum atomic E-state index is 5.97. The molecular weight excluding hydrogens is 264 g/mol. The van der Waals surface area contributed by atoms with E-state index in [4.69, 9.17) is 17.4 Å². The van der Waals surface area contributed by atoms with Crippen LogP contribution in [0.1, 0.15) is 29.2 Å². The molecule has 0 spiro atoms. The maximum Gasteiger partial charge on any atom is 0.0465 e. The number of nitrogens with one attached hydrogen (secondary N) is 1. The number of halogens is 1. The summed E-state index contributed by atoms with van der Waals surface area (Å²) in [7, 11) is 0. The second-order valence-electron chi connectivity index (χ2n) is 4.39. The number of hydrogen-bond donors (Lipinski definition) is 2. The monoisotopic (exact) mass is 280 g/mol. The number of rotatable bonds is 5. The second kappa shape index (κ2) is 6.34. The van der Waals surface area contributed by atoms with Crippen molar-refractivity contribution < 1.29 is 0 Å². The fourth-order valence-electron chi connectivity index (χ4n) is 2.10. The molecule has 1 aromatic heterocycles. The van der Waals surface area contributed by atoms with Gasteiger partial charge in [0.1, 0.15) is 0 Å². The van der Waals surface area contributed by atoms with Gasteiger partial charge in [0, 0.05) is 11.1 Å². The van der Waals surface area contributed by atoms with Gasteiger partial charge in [0.05, 0.1) is 0 Å². The summed E-state index contributed by atoms with van der Waals surface area (Å²) in [4.78, 5) is 0. The number of benzene rings is 1. The Bertz CT molecular complexity index is 497. The van der Waals surface area contributed by atoms with Crippen molar-refractivity contribution in [3.63, 3.8) is 0 Å². The molecule has 1 aromatic carbocycles.